The Morgan fingerprint density at radius 3 is 2.65 bits per heavy atom. The van der Waals surface area contributed by atoms with Gasteiger partial charge in [0.05, 0.1) is 0 Å². The molecule has 0 bridgehead atoms. The van der Waals surface area contributed by atoms with E-state index in [1.165, 1.54) is 6.08 Å². The Morgan fingerprint density at radius 2 is 2.10 bits per heavy atom. The molecular formula is C15H18ClNO3. The van der Waals surface area contributed by atoms with Crippen molar-refractivity contribution in [3.8, 4) is 0 Å². The van der Waals surface area contributed by atoms with Crippen LogP contribution in [-0.2, 0) is 9.59 Å². The summed E-state index contributed by atoms with van der Waals surface area (Å²) in [6.07, 6.45) is 3.30. The molecule has 0 aliphatic rings. The Bertz CT molecular complexity index is 512. The van der Waals surface area contributed by atoms with Crippen LogP contribution in [0, 0.1) is 5.92 Å². The minimum atomic E-state index is -1.02. The maximum absolute atomic E-state index is 11.7. The van der Waals surface area contributed by atoms with Crippen LogP contribution in [-0.4, -0.2) is 23.0 Å². The monoisotopic (exact) mass is 295 g/mol. The molecule has 5 heteroatoms. The zero-order valence-corrected chi connectivity index (χ0v) is 12.2. The minimum Gasteiger partial charge on any atom is -0.480 e. The standard InChI is InChI=1S/C15H18ClNO3/c1-10(2)8-13(15(19)20)17-14(18)7-6-11-4-3-5-12(16)9-11/h3-7,9-10,13H,8H2,1-2H3,(H,17,18)(H,19,20)/t13-/m1/s1. The van der Waals surface area contributed by atoms with E-state index in [4.69, 9.17) is 16.7 Å². The average Bonchev–Trinajstić information content (AvgIpc) is 2.35. The number of hydrogen-bond donors (Lipinski definition) is 2. The topological polar surface area (TPSA) is 66.4 Å². The molecule has 0 aliphatic heterocycles. The molecule has 1 aromatic rings. The molecule has 1 amide bonds. The van der Waals surface area contributed by atoms with Crippen LogP contribution >= 0.6 is 11.6 Å². The van der Waals surface area contributed by atoms with Crippen molar-refractivity contribution in [2.24, 2.45) is 5.92 Å². The van der Waals surface area contributed by atoms with Crippen molar-refractivity contribution < 1.29 is 14.7 Å². The molecule has 0 fully saturated rings. The van der Waals surface area contributed by atoms with Gasteiger partial charge in [-0.15, -0.1) is 0 Å². The van der Waals surface area contributed by atoms with Crippen LogP contribution in [0.1, 0.15) is 25.8 Å². The van der Waals surface area contributed by atoms with Crippen molar-refractivity contribution in [3.05, 3.63) is 40.9 Å². The van der Waals surface area contributed by atoms with E-state index in [1.807, 2.05) is 13.8 Å². The maximum Gasteiger partial charge on any atom is 0.326 e. The zero-order valence-electron chi connectivity index (χ0n) is 11.5. The highest BCUT2D eigenvalue weighted by Gasteiger charge is 2.19. The van der Waals surface area contributed by atoms with Gasteiger partial charge < -0.3 is 10.4 Å². The molecule has 20 heavy (non-hydrogen) atoms. The van der Waals surface area contributed by atoms with Gasteiger partial charge in [-0.05, 0) is 36.1 Å². The van der Waals surface area contributed by atoms with Crippen molar-refractivity contribution in [1.29, 1.82) is 0 Å². The minimum absolute atomic E-state index is 0.188. The normalized spacial score (nSPS) is 12.6. The zero-order chi connectivity index (χ0) is 15.1. The lowest BCUT2D eigenvalue weighted by Crippen LogP contribution is -2.40. The van der Waals surface area contributed by atoms with Gasteiger partial charge in [0.1, 0.15) is 6.04 Å². The molecule has 0 saturated heterocycles. The summed E-state index contributed by atoms with van der Waals surface area (Å²) in [5.41, 5.74) is 0.781. The number of hydrogen-bond acceptors (Lipinski definition) is 2. The molecule has 0 radical (unpaired) electrons. The van der Waals surface area contributed by atoms with Crippen LogP contribution in [0.3, 0.4) is 0 Å². The number of halogens is 1. The third-order valence-corrected chi connectivity index (χ3v) is 2.83. The van der Waals surface area contributed by atoms with E-state index >= 15 is 0 Å². The van der Waals surface area contributed by atoms with Crippen molar-refractivity contribution in [2.45, 2.75) is 26.3 Å². The fraction of sp³-hybridized carbons (Fsp3) is 0.333. The van der Waals surface area contributed by atoms with E-state index in [1.54, 1.807) is 30.3 Å². The first-order valence-corrected chi connectivity index (χ1v) is 6.73. The quantitative estimate of drug-likeness (QED) is 0.793. The maximum atomic E-state index is 11.7. The first-order chi connectivity index (χ1) is 9.38. The predicted molar refractivity (Wildman–Crippen MR) is 79.5 cm³/mol. The van der Waals surface area contributed by atoms with Gasteiger partial charge in [-0.3, -0.25) is 4.79 Å². The highest BCUT2D eigenvalue weighted by atomic mass is 35.5. The molecule has 1 aromatic carbocycles. The summed E-state index contributed by atoms with van der Waals surface area (Å²) in [5, 5.41) is 12.1. The second kappa shape index (κ2) is 7.70. The molecule has 108 valence electrons. The van der Waals surface area contributed by atoms with Crippen molar-refractivity contribution >= 4 is 29.6 Å². The summed E-state index contributed by atoms with van der Waals surface area (Å²) < 4.78 is 0. The van der Waals surface area contributed by atoms with Gasteiger partial charge in [0.2, 0.25) is 5.91 Å². The largest absolute Gasteiger partial charge is 0.480 e. The van der Waals surface area contributed by atoms with Crippen LogP contribution in [0.25, 0.3) is 6.08 Å². The van der Waals surface area contributed by atoms with Crippen LogP contribution in [0.5, 0.6) is 0 Å². The van der Waals surface area contributed by atoms with E-state index < -0.39 is 17.9 Å². The molecular weight excluding hydrogens is 278 g/mol. The Labute approximate surface area is 123 Å². The number of carbonyl (C=O) groups excluding carboxylic acids is 1. The van der Waals surface area contributed by atoms with E-state index in [-0.39, 0.29) is 5.92 Å². The summed E-state index contributed by atoms with van der Waals surface area (Å²) in [6.45, 7) is 3.81. The van der Waals surface area contributed by atoms with Gasteiger partial charge in [0.15, 0.2) is 0 Å². The molecule has 0 aliphatic carbocycles. The molecule has 0 unspecified atom stereocenters. The van der Waals surface area contributed by atoms with E-state index in [9.17, 15) is 9.59 Å². The third kappa shape index (κ3) is 5.89. The summed E-state index contributed by atoms with van der Waals surface area (Å²) >= 11 is 5.83. The molecule has 0 saturated carbocycles. The Hall–Kier alpha value is -1.81. The van der Waals surface area contributed by atoms with Crippen LogP contribution in [0.2, 0.25) is 5.02 Å². The number of carboxylic acids is 1. The van der Waals surface area contributed by atoms with Gasteiger partial charge in [-0.25, -0.2) is 4.79 Å². The molecule has 0 heterocycles. The fourth-order valence-corrected chi connectivity index (χ4v) is 1.89. The fourth-order valence-electron chi connectivity index (χ4n) is 1.69. The molecule has 4 nitrogen and oxygen atoms in total. The lowest BCUT2D eigenvalue weighted by molar-refractivity contribution is -0.141. The number of rotatable bonds is 6. The number of nitrogens with one attached hydrogen (secondary N) is 1. The highest BCUT2D eigenvalue weighted by molar-refractivity contribution is 6.30. The van der Waals surface area contributed by atoms with Gasteiger partial charge in [-0.2, -0.15) is 0 Å². The Balaban J connectivity index is 2.63. The van der Waals surface area contributed by atoms with Gasteiger partial charge in [0.25, 0.3) is 0 Å². The summed E-state index contributed by atoms with van der Waals surface area (Å²) in [6, 6.07) is 6.17. The predicted octanol–water partition coefficient (Wildman–Crippen LogP) is 2.97. The van der Waals surface area contributed by atoms with Gasteiger partial charge in [0, 0.05) is 11.1 Å². The molecule has 0 aromatic heterocycles. The molecule has 0 spiro atoms. The second-order valence-corrected chi connectivity index (χ2v) is 5.35. The molecule has 2 N–H and O–H groups in total. The van der Waals surface area contributed by atoms with Crippen LogP contribution < -0.4 is 5.32 Å². The van der Waals surface area contributed by atoms with Crippen molar-refractivity contribution in [2.75, 3.05) is 0 Å². The highest BCUT2D eigenvalue weighted by Crippen LogP contribution is 2.11. The Morgan fingerprint density at radius 1 is 1.40 bits per heavy atom. The van der Waals surface area contributed by atoms with Crippen molar-refractivity contribution in [1.82, 2.24) is 5.32 Å². The Kier molecular flexibility index (Phi) is 6.25. The molecule has 1 atom stereocenters. The van der Waals surface area contributed by atoms with E-state index in [2.05, 4.69) is 5.32 Å². The lowest BCUT2D eigenvalue weighted by Gasteiger charge is -2.15. The van der Waals surface area contributed by atoms with E-state index in [0.717, 1.165) is 5.56 Å². The number of amides is 1. The smallest absolute Gasteiger partial charge is 0.326 e. The van der Waals surface area contributed by atoms with Gasteiger partial charge in [-0.1, -0.05) is 37.6 Å². The summed E-state index contributed by atoms with van der Waals surface area (Å²) in [7, 11) is 0. The summed E-state index contributed by atoms with van der Waals surface area (Å²) in [5.74, 6) is -1.27. The second-order valence-electron chi connectivity index (χ2n) is 4.92. The van der Waals surface area contributed by atoms with Gasteiger partial charge >= 0.3 is 5.97 Å². The van der Waals surface area contributed by atoms with Crippen LogP contribution in [0.4, 0.5) is 0 Å². The lowest BCUT2D eigenvalue weighted by atomic mass is 10.0. The van der Waals surface area contributed by atoms with Crippen molar-refractivity contribution in [3.63, 3.8) is 0 Å². The average molecular weight is 296 g/mol. The first kappa shape index (κ1) is 16.2. The molecule has 1 rings (SSSR count). The first-order valence-electron chi connectivity index (χ1n) is 6.35. The van der Waals surface area contributed by atoms with E-state index in [0.29, 0.717) is 11.4 Å². The number of carbonyl (C=O) groups is 2. The number of aliphatic carboxylic acids is 1. The number of carboxylic acid groups (broad SMARTS) is 1. The summed E-state index contributed by atoms with van der Waals surface area (Å²) in [4.78, 5) is 22.7. The number of benzene rings is 1. The van der Waals surface area contributed by atoms with Crippen LogP contribution in [0.15, 0.2) is 30.3 Å². The third-order valence-electron chi connectivity index (χ3n) is 2.60. The SMILES string of the molecule is CC(C)C[C@@H](NC(=O)C=Cc1cccc(Cl)c1)C(=O)O.